The van der Waals surface area contributed by atoms with E-state index in [1.807, 2.05) is 13.8 Å². The zero-order valence-corrected chi connectivity index (χ0v) is 19.8. The number of carbonyl (C=O) groups is 2. The largest absolute Gasteiger partial charge is 0.507 e. The van der Waals surface area contributed by atoms with Crippen LogP contribution in [0, 0.1) is 6.92 Å². The van der Waals surface area contributed by atoms with Crippen molar-refractivity contribution in [2.45, 2.75) is 19.9 Å². The molecule has 0 bridgehead atoms. The van der Waals surface area contributed by atoms with E-state index in [0.29, 0.717) is 45.7 Å². The second-order valence-electron chi connectivity index (χ2n) is 8.17. The topological polar surface area (TPSA) is 85.3 Å². The number of aliphatic hydroxyl groups excluding tert-OH is 1. The number of ether oxygens (including phenoxy) is 3. The van der Waals surface area contributed by atoms with E-state index >= 15 is 0 Å². The molecule has 8 heteroatoms. The van der Waals surface area contributed by atoms with Crippen LogP contribution in [0.25, 0.3) is 5.76 Å². The Hall–Kier alpha value is -3.97. The summed E-state index contributed by atoms with van der Waals surface area (Å²) >= 11 is 6.09. The first-order chi connectivity index (χ1) is 16.9. The molecule has 0 aliphatic carbocycles. The van der Waals surface area contributed by atoms with Crippen LogP contribution in [0.15, 0.2) is 66.2 Å². The van der Waals surface area contributed by atoms with Gasteiger partial charge in [-0.25, -0.2) is 0 Å². The summed E-state index contributed by atoms with van der Waals surface area (Å²) in [6.07, 6.45) is 0. The molecule has 3 aromatic carbocycles. The molecule has 0 spiro atoms. The van der Waals surface area contributed by atoms with Crippen LogP contribution in [0.4, 0.5) is 5.69 Å². The molecule has 0 saturated carbocycles. The van der Waals surface area contributed by atoms with Crippen molar-refractivity contribution in [3.05, 3.63) is 87.9 Å². The molecule has 7 nitrogen and oxygen atoms in total. The first-order valence-electron chi connectivity index (χ1n) is 11.1. The quantitative estimate of drug-likeness (QED) is 0.292. The average Bonchev–Trinajstić information content (AvgIpc) is 3.42. The van der Waals surface area contributed by atoms with Gasteiger partial charge in [0.15, 0.2) is 11.5 Å². The second-order valence-corrected chi connectivity index (χ2v) is 8.61. The molecule has 0 radical (unpaired) electrons. The molecule has 2 aliphatic rings. The maximum absolute atomic E-state index is 13.3. The highest BCUT2D eigenvalue weighted by Gasteiger charge is 2.47. The number of aliphatic hydroxyl groups is 1. The van der Waals surface area contributed by atoms with Crippen molar-refractivity contribution in [1.82, 2.24) is 0 Å². The van der Waals surface area contributed by atoms with Crippen LogP contribution in [0.3, 0.4) is 0 Å². The summed E-state index contributed by atoms with van der Waals surface area (Å²) in [5.74, 6) is -0.101. The minimum Gasteiger partial charge on any atom is -0.507 e. The summed E-state index contributed by atoms with van der Waals surface area (Å²) in [5.41, 5.74) is 2.25. The molecule has 5 rings (SSSR count). The lowest BCUT2D eigenvalue weighted by molar-refractivity contribution is -0.132. The van der Waals surface area contributed by atoms with Crippen molar-refractivity contribution in [2.75, 3.05) is 18.3 Å². The Morgan fingerprint density at radius 2 is 1.80 bits per heavy atom. The number of nitrogens with zero attached hydrogens (tertiary/aromatic N) is 1. The molecule has 1 atom stereocenters. The summed E-state index contributed by atoms with van der Waals surface area (Å²) in [4.78, 5) is 28.0. The van der Waals surface area contributed by atoms with Crippen molar-refractivity contribution in [3.63, 3.8) is 0 Å². The number of halogens is 1. The molecule has 178 valence electrons. The average molecular weight is 492 g/mol. The predicted molar refractivity (Wildman–Crippen MR) is 131 cm³/mol. The Morgan fingerprint density at radius 3 is 2.51 bits per heavy atom. The van der Waals surface area contributed by atoms with Crippen molar-refractivity contribution in [1.29, 1.82) is 0 Å². The van der Waals surface area contributed by atoms with Gasteiger partial charge in [0.2, 0.25) is 6.79 Å². The highest BCUT2D eigenvalue weighted by molar-refractivity contribution is 6.51. The predicted octanol–water partition coefficient (Wildman–Crippen LogP) is 5.40. The number of carbonyl (C=O) groups excluding carboxylic acids is 2. The fraction of sp³-hybridized carbons (Fsp3) is 0.185. The molecular weight excluding hydrogens is 470 g/mol. The molecule has 2 aliphatic heterocycles. The van der Waals surface area contributed by atoms with Gasteiger partial charge in [0.1, 0.15) is 11.5 Å². The number of hydrogen-bond donors (Lipinski definition) is 1. The van der Waals surface area contributed by atoms with Crippen LogP contribution in [-0.2, 0) is 9.59 Å². The summed E-state index contributed by atoms with van der Waals surface area (Å²) in [7, 11) is 0. The molecule has 1 fully saturated rings. The van der Waals surface area contributed by atoms with Gasteiger partial charge in [-0.15, -0.1) is 0 Å². The van der Waals surface area contributed by atoms with Crippen LogP contribution in [0.5, 0.6) is 17.2 Å². The molecule has 1 saturated heterocycles. The second kappa shape index (κ2) is 9.00. The highest BCUT2D eigenvalue weighted by atomic mass is 35.5. The molecule has 1 amide bonds. The standard InChI is InChI=1S/C27H22ClNO6/c1-3-33-20-10-6-17(12-15(20)2)25(30)23-24(16-4-7-18(28)8-5-16)29(27(32)26(23)31)19-9-11-21-22(13-19)35-14-34-21/h4-13,24,30H,3,14H2,1-2H3/b25-23+. The minimum atomic E-state index is -0.875. The zero-order chi connectivity index (χ0) is 24.7. The summed E-state index contributed by atoms with van der Waals surface area (Å²) in [6.45, 7) is 4.32. The van der Waals surface area contributed by atoms with Gasteiger partial charge >= 0.3 is 0 Å². The number of rotatable bonds is 5. The Morgan fingerprint density at radius 1 is 1.06 bits per heavy atom. The van der Waals surface area contributed by atoms with Gasteiger partial charge in [-0.3, -0.25) is 14.5 Å². The van der Waals surface area contributed by atoms with E-state index in [-0.39, 0.29) is 18.1 Å². The minimum absolute atomic E-state index is 0.0152. The van der Waals surface area contributed by atoms with E-state index in [9.17, 15) is 14.7 Å². The fourth-order valence-corrected chi connectivity index (χ4v) is 4.49. The van der Waals surface area contributed by atoms with Gasteiger partial charge in [-0.05, 0) is 67.4 Å². The molecule has 2 heterocycles. The Kier molecular flexibility index (Phi) is 5.86. The lowest BCUT2D eigenvalue weighted by atomic mass is 9.94. The van der Waals surface area contributed by atoms with Gasteiger partial charge in [0, 0.05) is 22.3 Å². The first-order valence-corrected chi connectivity index (χ1v) is 11.5. The number of amides is 1. The Bertz CT molecular complexity index is 1360. The summed E-state index contributed by atoms with van der Waals surface area (Å²) < 4.78 is 16.4. The third-order valence-corrected chi connectivity index (χ3v) is 6.26. The van der Waals surface area contributed by atoms with Gasteiger partial charge < -0.3 is 19.3 Å². The number of anilines is 1. The molecule has 35 heavy (non-hydrogen) atoms. The Balaban J connectivity index is 1.67. The maximum Gasteiger partial charge on any atom is 0.300 e. The smallest absolute Gasteiger partial charge is 0.300 e. The molecule has 1 unspecified atom stereocenters. The van der Waals surface area contributed by atoms with Crippen LogP contribution in [0.2, 0.25) is 5.02 Å². The number of benzene rings is 3. The lowest BCUT2D eigenvalue weighted by Gasteiger charge is -2.25. The van der Waals surface area contributed by atoms with E-state index in [1.54, 1.807) is 60.7 Å². The monoisotopic (exact) mass is 491 g/mol. The summed E-state index contributed by atoms with van der Waals surface area (Å²) in [5, 5.41) is 11.8. The van der Waals surface area contributed by atoms with Crippen molar-refractivity contribution in [2.24, 2.45) is 0 Å². The van der Waals surface area contributed by atoms with Gasteiger partial charge in [-0.2, -0.15) is 0 Å². The van der Waals surface area contributed by atoms with Crippen LogP contribution < -0.4 is 19.1 Å². The third-order valence-electron chi connectivity index (χ3n) is 6.01. The van der Waals surface area contributed by atoms with E-state index < -0.39 is 17.7 Å². The van der Waals surface area contributed by atoms with Gasteiger partial charge in [0.25, 0.3) is 11.7 Å². The first kappa shape index (κ1) is 22.8. The van der Waals surface area contributed by atoms with Gasteiger partial charge in [-0.1, -0.05) is 23.7 Å². The van der Waals surface area contributed by atoms with Crippen LogP contribution in [-0.4, -0.2) is 30.2 Å². The van der Waals surface area contributed by atoms with Crippen molar-refractivity contribution < 1.29 is 28.9 Å². The lowest BCUT2D eigenvalue weighted by Crippen LogP contribution is -2.29. The fourth-order valence-electron chi connectivity index (χ4n) is 4.36. The Labute approximate surface area is 207 Å². The highest BCUT2D eigenvalue weighted by Crippen LogP contribution is 2.45. The molecule has 0 aromatic heterocycles. The molecule has 1 N–H and O–H groups in total. The van der Waals surface area contributed by atoms with Gasteiger partial charge in [0.05, 0.1) is 18.2 Å². The van der Waals surface area contributed by atoms with E-state index in [2.05, 4.69) is 0 Å². The number of aryl methyl sites for hydroxylation is 1. The van der Waals surface area contributed by atoms with Crippen molar-refractivity contribution >= 4 is 34.7 Å². The van der Waals surface area contributed by atoms with E-state index in [4.69, 9.17) is 25.8 Å². The van der Waals surface area contributed by atoms with Crippen molar-refractivity contribution in [3.8, 4) is 17.2 Å². The zero-order valence-electron chi connectivity index (χ0n) is 19.1. The summed E-state index contributed by atoms with van der Waals surface area (Å²) in [6, 6.07) is 16.1. The number of Topliss-reactive ketones (excluding diaryl/α,β-unsaturated/α-hetero) is 1. The molecule has 3 aromatic rings. The van der Waals surface area contributed by atoms with Crippen LogP contribution >= 0.6 is 11.6 Å². The SMILES string of the molecule is CCOc1ccc(/C(O)=C2\C(=O)C(=O)N(c3ccc4c(c3)OCO4)C2c2ccc(Cl)cc2)cc1C. The van der Waals surface area contributed by atoms with E-state index in [0.717, 1.165) is 5.56 Å². The number of fused-ring (bicyclic) bond motifs is 1. The third kappa shape index (κ3) is 3.98. The number of ketones is 1. The maximum atomic E-state index is 13.3. The van der Waals surface area contributed by atoms with Crippen LogP contribution in [0.1, 0.15) is 29.7 Å². The molecular formula is C27H22ClNO6. The van der Waals surface area contributed by atoms with E-state index in [1.165, 1.54) is 4.90 Å². The number of hydrogen-bond acceptors (Lipinski definition) is 6. The normalized spacial score (nSPS) is 18.3.